The molecule has 7 heteroatoms. The van der Waals surface area contributed by atoms with Crippen molar-refractivity contribution in [3.05, 3.63) is 63.2 Å². The molecule has 0 unspecified atom stereocenters. The van der Waals surface area contributed by atoms with Crippen molar-refractivity contribution < 1.29 is 14.8 Å². The van der Waals surface area contributed by atoms with Crippen LogP contribution in [0.4, 0.5) is 11.4 Å². The topological polar surface area (TPSA) is 108 Å². The maximum atomic E-state index is 11.9. The number of nitro groups is 1. The van der Waals surface area contributed by atoms with E-state index < -0.39 is 4.92 Å². The Morgan fingerprint density at radius 2 is 2.04 bits per heavy atom. The van der Waals surface area contributed by atoms with Gasteiger partial charge in [-0.25, -0.2) is 0 Å². The van der Waals surface area contributed by atoms with E-state index in [1.165, 1.54) is 6.21 Å². The van der Waals surface area contributed by atoms with Crippen LogP contribution in [0.15, 0.2) is 41.4 Å². The number of amides is 1. The van der Waals surface area contributed by atoms with Crippen molar-refractivity contribution in [2.75, 3.05) is 11.9 Å². The Morgan fingerprint density at radius 3 is 2.75 bits per heavy atom. The van der Waals surface area contributed by atoms with E-state index in [1.807, 2.05) is 26.0 Å². The Morgan fingerprint density at radius 1 is 1.29 bits per heavy atom. The largest absolute Gasteiger partial charge is 0.872 e. The van der Waals surface area contributed by atoms with Crippen molar-refractivity contribution in [2.24, 2.45) is 4.99 Å². The number of aryl methyl sites for hydroxylation is 1. The number of rotatable bonds is 5. The molecule has 0 saturated heterocycles. The van der Waals surface area contributed by atoms with Gasteiger partial charge in [0.15, 0.2) is 0 Å². The van der Waals surface area contributed by atoms with Crippen molar-refractivity contribution in [1.29, 1.82) is 0 Å². The summed E-state index contributed by atoms with van der Waals surface area (Å²) >= 11 is 0. The van der Waals surface area contributed by atoms with Gasteiger partial charge in [-0.2, -0.15) is 0 Å². The predicted molar refractivity (Wildman–Crippen MR) is 89.5 cm³/mol. The third-order valence-corrected chi connectivity index (χ3v) is 3.55. The third-order valence-electron chi connectivity index (χ3n) is 3.55. The van der Waals surface area contributed by atoms with Crippen LogP contribution in [0.3, 0.4) is 0 Å². The molecule has 0 atom stereocenters. The Balaban J connectivity index is 2.04. The number of nitrogens with one attached hydrogen (secondary N) is 1. The van der Waals surface area contributed by atoms with Crippen LogP contribution in [0.5, 0.6) is 5.75 Å². The molecule has 124 valence electrons. The molecule has 2 rings (SSSR count). The van der Waals surface area contributed by atoms with Crippen LogP contribution in [0.1, 0.15) is 16.7 Å². The summed E-state index contributed by atoms with van der Waals surface area (Å²) in [5.74, 6) is -0.725. The lowest BCUT2D eigenvalue weighted by Gasteiger charge is -2.10. The second-order valence-electron chi connectivity index (χ2n) is 5.24. The van der Waals surface area contributed by atoms with Crippen LogP contribution in [0.25, 0.3) is 0 Å². The first kappa shape index (κ1) is 17.1. The maximum Gasteiger partial charge on any atom is 0.270 e. The van der Waals surface area contributed by atoms with Gasteiger partial charge in [0.05, 0.1) is 4.92 Å². The molecule has 0 heterocycles. The van der Waals surface area contributed by atoms with E-state index in [4.69, 9.17) is 0 Å². The molecule has 0 aromatic heterocycles. The Labute approximate surface area is 138 Å². The molecule has 0 aliphatic rings. The monoisotopic (exact) mass is 326 g/mol. The van der Waals surface area contributed by atoms with Crippen LogP contribution >= 0.6 is 0 Å². The quantitative estimate of drug-likeness (QED) is 0.517. The molecular formula is C17H16N3O4-. The molecule has 7 nitrogen and oxygen atoms in total. The van der Waals surface area contributed by atoms with Crippen molar-refractivity contribution in [1.82, 2.24) is 0 Å². The average molecular weight is 326 g/mol. The van der Waals surface area contributed by atoms with E-state index in [1.54, 1.807) is 6.07 Å². The summed E-state index contributed by atoms with van der Waals surface area (Å²) in [5.41, 5.74) is 2.61. The van der Waals surface area contributed by atoms with Gasteiger partial charge in [-0.1, -0.05) is 23.9 Å². The summed E-state index contributed by atoms with van der Waals surface area (Å²) in [7, 11) is 0. The van der Waals surface area contributed by atoms with E-state index in [-0.39, 0.29) is 29.5 Å². The lowest BCUT2D eigenvalue weighted by molar-refractivity contribution is -0.385. The van der Waals surface area contributed by atoms with E-state index in [0.717, 1.165) is 29.3 Å². The van der Waals surface area contributed by atoms with E-state index in [0.29, 0.717) is 5.69 Å². The van der Waals surface area contributed by atoms with Crippen LogP contribution in [0.2, 0.25) is 0 Å². The first-order valence-electron chi connectivity index (χ1n) is 7.20. The normalized spacial score (nSPS) is 10.8. The van der Waals surface area contributed by atoms with Gasteiger partial charge in [0.2, 0.25) is 5.91 Å². The van der Waals surface area contributed by atoms with Crippen molar-refractivity contribution in [3.8, 4) is 5.75 Å². The molecule has 24 heavy (non-hydrogen) atoms. The van der Waals surface area contributed by atoms with Crippen LogP contribution in [-0.2, 0) is 4.79 Å². The number of aliphatic imine (C=N–C) groups is 1. The highest BCUT2D eigenvalue weighted by molar-refractivity contribution is 5.95. The van der Waals surface area contributed by atoms with Crippen LogP contribution < -0.4 is 10.4 Å². The number of hydrogen-bond donors (Lipinski definition) is 1. The van der Waals surface area contributed by atoms with E-state index in [9.17, 15) is 20.0 Å². The minimum atomic E-state index is -0.593. The Kier molecular flexibility index (Phi) is 5.26. The minimum Gasteiger partial charge on any atom is -0.872 e. The number of carbonyl (C=O) groups is 1. The summed E-state index contributed by atoms with van der Waals surface area (Å²) in [6, 6.07) is 8.95. The zero-order valence-corrected chi connectivity index (χ0v) is 13.3. The number of nitrogens with zero attached hydrogens (tertiary/aromatic N) is 2. The molecule has 0 radical (unpaired) electrons. The number of hydrogen-bond acceptors (Lipinski definition) is 5. The second kappa shape index (κ2) is 7.36. The third kappa shape index (κ3) is 4.16. The molecule has 2 aromatic rings. The summed E-state index contributed by atoms with van der Waals surface area (Å²) in [5, 5.41) is 25.1. The summed E-state index contributed by atoms with van der Waals surface area (Å²) in [6.45, 7) is 3.66. The first-order chi connectivity index (χ1) is 11.4. The molecule has 0 aliphatic heterocycles. The lowest BCUT2D eigenvalue weighted by atomic mass is 10.1. The molecule has 0 saturated carbocycles. The van der Waals surface area contributed by atoms with Gasteiger partial charge < -0.3 is 10.4 Å². The number of benzene rings is 2. The van der Waals surface area contributed by atoms with Crippen molar-refractivity contribution in [3.63, 3.8) is 0 Å². The number of non-ortho nitro benzene ring substituents is 1. The van der Waals surface area contributed by atoms with Gasteiger partial charge in [0.25, 0.3) is 5.69 Å². The molecule has 0 bridgehead atoms. The van der Waals surface area contributed by atoms with Gasteiger partial charge in [0, 0.05) is 24.0 Å². The standard InChI is InChI=1S/C17H17N3O4/c1-11-4-3-5-15(12(11)2)19-17(22)10-18-9-13-8-14(20(23)24)6-7-16(13)21/h3-9,21H,10H2,1-2H3,(H,19,22)/p-1. The second-order valence-corrected chi connectivity index (χ2v) is 5.24. The fourth-order valence-electron chi connectivity index (χ4n) is 2.05. The molecule has 2 aromatic carbocycles. The fourth-order valence-corrected chi connectivity index (χ4v) is 2.05. The predicted octanol–water partition coefficient (Wildman–Crippen LogP) is 2.34. The molecule has 0 aliphatic carbocycles. The number of anilines is 1. The van der Waals surface area contributed by atoms with Crippen molar-refractivity contribution in [2.45, 2.75) is 13.8 Å². The van der Waals surface area contributed by atoms with Gasteiger partial charge >= 0.3 is 0 Å². The molecular weight excluding hydrogens is 310 g/mol. The highest BCUT2D eigenvalue weighted by Crippen LogP contribution is 2.19. The molecule has 1 amide bonds. The van der Waals surface area contributed by atoms with Gasteiger partial charge in [-0.15, -0.1) is 0 Å². The highest BCUT2D eigenvalue weighted by atomic mass is 16.6. The Hall–Kier alpha value is -3.22. The SMILES string of the molecule is Cc1cccc(NC(=O)CN=Cc2cc([N+](=O)[O-])ccc2[O-])c1C. The molecule has 0 spiro atoms. The lowest BCUT2D eigenvalue weighted by Crippen LogP contribution is -2.16. The average Bonchev–Trinajstić information content (AvgIpc) is 2.53. The van der Waals surface area contributed by atoms with Crippen molar-refractivity contribution >= 4 is 23.5 Å². The Bertz CT molecular complexity index is 815. The molecule has 0 fully saturated rings. The zero-order chi connectivity index (χ0) is 17.7. The highest BCUT2D eigenvalue weighted by Gasteiger charge is 2.07. The van der Waals surface area contributed by atoms with E-state index in [2.05, 4.69) is 10.3 Å². The maximum absolute atomic E-state index is 11.9. The smallest absolute Gasteiger partial charge is 0.270 e. The summed E-state index contributed by atoms with van der Waals surface area (Å²) < 4.78 is 0. The van der Waals surface area contributed by atoms with Crippen LogP contribution in [0, 0.1) is 24.0 Å². The van der Waals surface area contributed by atoms with Gasteiger partial charge in [-0.05, 0) is 36.6 Å². The van der Waals surface area contributed by atoms with E-state index >= 15 is 0 Å². The molecule has 1 N–H and O–H groups in total. The summed E-state index contributed by atoms with van der Waals surface area (Å²) in [6.07, 6.45) is 1.18. The summed E-state index contributed by atoms with van der Waals surface area (Å²) in [4.78, 5) is 25.9. The number of carbonyl (C=O) groups excluding carboxylic acids is 1. The minimum absolute atomic E-state index is 0.0729. The van der Waals surface area contributed by atoms with Crippen LogP contribution in [-0.4, -0.2) is 23.6 Å². The van der Waals surface area contributed by atoms with Gasteiger partial charge in [0.1, 0.15) is 6.54 Å². The zero-order valence-electron chi connectivity index (χ0n) is 13.3. The fraction of sp³-hybridized carbons (Fsp3) is 0.176. The number of nitro benzene ring substituents is 1. The first-order valence-corrected chi connectivity index (χ1v) is 7.20. The van der Waals surface area contributed by atoms with Gasteiger partial charge in [-0.3, -0.25) is 19.9 Å².